The van der Waals surface area contributed by atoms with Crippen molar-refractivity contribution in [2.75, 3.05) is 39.1 Å². The van der Waals surface area contributed by atoms with Crippen LogP contribution in [-0.2, 0) is 0 Å². The van der Waals surface area contributed by atoms with Gasteiger partial charge >= 0.3 is 0 Å². The lowest BCUT2D eigenvalue weighted by molar-refractivity contribution is -0.384. The molecular formula is C12H19N3O2. The smallest absolute Gasteiger partial charge is 0.269 e. The van der Waals surface area contributed by atoms with Crippen molar-refractivity contribution in [3.63, 3.8) is 0 Å². The summed E-state index contributed by atoms with van der Waals surface area (Å²) in [6.45, 7) is 3.74. The average molecular weight is 237 g/mol. The van der Waals surface area contributed by atoms with E-state index in [0.717, 1.165) is 24.3 Å². The van der Waals surface area contributed by atoms with Gasteiger partial charge in [-0.3, -0.25) is 10.1 Å². The van der Waals surface area contributed by atoms with Crippen LogP contribution in [0.5, 0.6) is 0 Å². The molecule has 0 aromatic heterocycles. The van der Waals surface area contributed by atoms with Crippen LogP contribution in [0, 0.1) is 17.0 Å². The lowest BCUT2D eigenvalue weighted by atomic mass is 10.1. The standard InChI is InChI=1S/C12H19N3O2/c1-10-9-11(15(16)17)5-6-12(10)14(4)8-7-13(2)3/h5-6,9H,7-8H2,1-4H3. The third-order valence-electron chi connectivity index (χ3n) is 2.69. The molecule has 0 radical (unpaired) electrons. The highest BCUT2D eigenvalue weighted by Gasteiger charge is 2.10. The van der Waals surface area contributed by atoms with E-state index in [2.05, 4.69) is 9.80 Å². The maximum Gasteiger partial charge on any atom is 0.269 e. The lowest BCUT2D eigenvalue weighted by Crippen LogP contribution is -2.28. The number of hydrogen-bond acceptors (Lipinski definition) is 4. The van der Waals surface area contributed by atoms with Crippen LogP contribution in [0.3, 0.4) is 0 Å². The Morgan fingerprint density at radius 2 is 1.88 bits per heavy atom. The molecule has 0 amide bonds. The first-order valence-corrected chi connectivity index (χ1v) is 5.52. The normalized spacial score (nSPS) is 10.6. The van der Waals surface area contributed by atoms with Crippen LogP contribution in [0.25, 0.3) is 0 Å². The summed E-state index contributed by atoms with van der Waals surface area (Å²) in [5.41, 5.74) is 2.12. The number of nitro groups is 1. The van der Waals surface area contributed by atoms with Crippen LogP contribution in [0.1, 0.15) is 5.56 Å². The summed E-state index contributed by atoms with van der Waals surface area (Å²) in [4.78, 5) is 14.5. The first kappa shape index (κ1) is 13.4. The van der Waals surface area contributed by atoms with E-state index < -0.39 is 0 Å². The maximum absolute atomic E-state index is 10.6. The molecule has 0 spiro atoms. The van der Waals surface area contributed by atoms with Crippen molar-refractivity contribution < 1.29 is 4.92 Å². The molecule has 0 N–H and O–H groups in total. The van der Waals surface area contributed by atoms with Gasteiger partial charge in [0.05, 0.1) is 4.92 Å². The molecule has 0 saturated carbocycles. The van der Waals surface area contributed by atoms with Crippen LogP contribution < -0.4 is 4.90 Å². The Kier molecular flexibility index (Phi) is 4.45. The van der Waals surface area contributed by atoms with Gasteiger partial charge < -0.3 is 9.80 Å². The third kappa shape index (κ3) is 3.71. The number of non-ortho nitro benzene ring substituents is 1. The minimum absolute atomic E-state index is 0.146. The molecule has 0 unspecified atom stereocenters. The Morgan fingerprint density at radius 1 is 1.24 bits per heavy atom. The number of nitro benzene ring substituents is 1. The molecule has 0 aliphatic carbocycles. The molecular weight excluding hydrogens is 218 g/mol. The van der Waals surface area contributed by atoms with Crippen LogP contribution in [0.15, 0.2) is 18.2 Å². The fourth-order valence-electron chi connectivity index (χ4n) is 1.65. The number of likely N-dealkylation sites (N-methyl/N-ethyl adjacent to an activating group) is 2. The second-order valence-electron chi connectivity index (χ2n) is 4.45. The second-order valence-corrected chi connectivity index (χ2v) is 4.45. The van der Waals surface area contributed by atoms with Gasteiger partial charge in [-0.15, -0.1) is 0 Å². The van der Waals surface area contributed by atoms with E-state index in [1.165, 1.54) is 0 Å². The van der Waals surface area contributed by atoms with Crippen molar-refractivity contribution in [3.8, 4) is 0 Å². The number of hydrogen-bond donors (Lipinski definition) is 0. The molecule has 0 aliphatic rings. The summed E-state index contributed by atoms with van der Waals surface area (Å²) >= 11 is 0. The van der Waals surface area contributed by atoms with E-state index in [1.54, 1.807) is 12.1 Å². The third-order valence-corrected chi connectivity index (χ3v) is 2.69. The zero-order valence-corrected chi connectivity index (χ0v) is 10.8. The van der Waals surface area contributed by atoms with Gasteiger partial charge in [0.15, 0.2) is 0 Å². The van der Waals surface area contributed by atoms with Crippen molar-refractivity contribution in [3.05, 3.63) is 33.9 Å². The second kappa shape index (κ2) is 5.63. The number of benzene rings is 1. The summed E-state index contributed by atoms with van der Waals surface area (Å²) in [6, 6.07) is 4.97. The average Bonchev–Trinajstić information content (AvgIpc) is 2.25. The number of nitrogens with zero attached hydrogens (tertiary/aromatic N) is 3. The van der Waals surface area contributed by atoms with Gasteiger partial charge in [-0.1, -0.05) is 0 Å². The monoisotopic (exact) mass is 237 g/mol. The first-order chi connectivity index (χ1) is 7.91. The van der Waals surface area contributed by atoms with Gasteiger partial charge in [0.1, 0.15) is 0 Å². The van der Waals surface area contributed by atoms with Gasteiger partial charge in [0.25, 0.3) is 5.69 Å². The van der Waals surface area contributed by atoms with Crippen molar-refractivity contribution in [2.24, 2.45) is 0 Å². The van der Waals surface area contributed by atoms with E-state index in [4.69, 9.17) is 0 Å². The Balaban J connectivity index is 2.81. The van der Waals surface area contributed by atoms with Crippen molar-refractivity contribution in [2.45, 2.75) is 6.92 Å². The molecule has 0 saturated heterocycles. The zero-order valence-electron chi connectivity index (χ0n) is 10.8. The van der Waals surface area contributed by atoms with Crippen LogP contribution >= 0.6 is 0 Å². The molecule has 5 nitrogen and oxygen atoms in total. The summed E-state index contributed by atoms with van der Waals surface area (Å²) in [7, 11) is 6.05. The molecule has 1 aromatic carbocycles. The largest absolute Gasteiger partial charge is 0.373 e. The zero-order chi connectivity index (χ0) is 13.0. The van der Waals surface area contributed by atoms with Crippen molar-refractivity contribution in [1.82, 2.24) is 4.90 Å². The van der Waals surface area contributed by atoms with E-state index >= 15 is 0 Å². The topological polar surface area (TPSA) is 49.6 Å². The number of rotatable bonds is 5. The van der Waals surface area contributed by atoms with Gasteiger partial charge in [-0.25, -0.2) is 0 Å². The number of anilines is 1. The summed E-state index contributed by atoms with van der Waals surface area (Å²) < 4.78 is 0. The Morgan fingerprint density at radius 3 is 2.35 bits per heavy atom. The predicted octanol–water partition coefficient (Wildman–Crippen LogP) is 1.90. The molecule has 1 rings (SSSR count). The van der Waals surface area contributed by atoms with E-state index in [0.29, 0.717) is 0 Å². The molecule has 94 valence electrons. The van der Waals surface area contributed by atoms with Crippen LogP contribution in [0.4, 0.5) is 11.4 Å². The van der Waals surface area contributed by atoms with Crippen molar-refractivity contribution in [1.29, 1.82) is 0 Å². The highest BCUT2D eigenvalue weighted by Crippen LogP contribution is 2.23. The molecule has 0 fully saturated rings. The minimum Gasteiger partial charge on any atom is -0.373 e. The van der Waals surface area contributed by atoms with Gasteiger partial charge in [0.2, 0.25) is 0 Å². The van der Waals surface area contributed by atoms with E-state index in [-0.39, 0.29) is 10.6 Å². The fourth-order valence-corrected chi connectivity index (χ4v) is 1.65. The van der Waals surface area contributed by atoms with Crippen molar-refractivity contribution >= 4 is 11.4 Å². The molecule has 5 heteroatoms. The molecule has 0 heterocycles. The Hall–Kier alpha value is -1.62. The lowest BCUT2D eigenvalue weighted by Gasteiger charge is -2.23. The van der Waals surface area contributed by atoms with E-state index in [9.17, 15) is 10.1 Å². The van der Waals surface area contributed by atoms with Crippen LogP contribution in [-0.4, -0.2) is 44.1 Å². The summed E-state index contributed by atoms with van der Waals surface area (Å²) in [6.07, 6.45) is 0. The molecule has 0 aliphatic heterocycles. The first-order valence-electron chi connectivity index (χ1n) is 5.52. The van der Waals surface area contributed by atoms with Gasteiger partial charge in [0, 0.05) is 38.0 Å². The van der Waals surface area contributed by atoms with Crippen LogP contribution in [0.2, 0.25) is 0 Å². The quantitative estimate of drug-likeness (QED) is 0.579. The minimum atomic E-state index is -0.364. The highest BCUT2D eigenvalue weighted by molar-refractivity contribution is 5.56. The molecule has 1 aromatic rings. The van der Waals surface area contributed by atoms with E-state index in [1.807, 2.05) is 34.1 Å². The Labute approximate surface area is 102 Å². The maximum atomic E-state index is 10.6. The summed E-state index contributed by atoms with van der Waals surface area (Å²) in [5.74, 6) is 0. The van der Waals surface area contributed by atoms with Gasteiger partial charge in [-0.05, 0) is 32.6 Å². The SMILES string of the molecule is Cc1cc([N+](=O)[O-])ccc1N(C)CCN(C)C. The molecule has 0 bridgehead atoms. The number of aryl methyl sites for hydroxylation is 1. The Bertz CT molecular complexity index is 405. The predicted molar refractivity (Wildman–Crippen MR) is 69.7 cm³/mol. The highest BCUT2D eigenvalue weighted by atomic mass is 16.6. The van der Waals surface area contributed by atoms with Gasteiger partial charge in [-0.2, -0.15) is 0 Å². The summed E-state index contributed by atoms with van der Waals surface area (Å²) in [5, 5.41) is 10.6. The molecule has 17 heavy (non-hydrogen) atoms. The fraction of sp³-hybridized carbons (Fsp3) is 0.500. The molecule has 0 atom stereocenters.